The van der Waals surface area contributed by atoms with Crippen molar-refractivity contribution >= 4 is 0 Å². The summed E-state index contributed by atoms with van der Waals surface area (Å²) in [5, 5.41) is 3.37. The van der Waals surface area contributed by atoms with Crippen LogP contribution in [-0.4, -0.2) is 26.3 Å². The molecule has 2 nitrogen and oxygen atoms in total. The quantitative estimate of drug-likeness (QED) is 0.663. The number of hydrogen-bond acceptors (Lipinski definition) is 2. The molecule has 2 unspecified atom stereocenters. The third kappa shape index (κ3) is 2.80. The Labute approximate surface area is 69.3 Å². The van der Waals surface area contributed by atoms with Crippen LogP contribution in [0, 0.1) is 11.8 Å². The molecule has 0 aromatic rings. The highest BCUT2D eigenvalue weighted by Crippen LogP contribution is 2.18. The normalized spacial score (nSPS) is 27.3. The molecule has 0 spiro atoms. The highest BCUT2D eigenvalue weighted by Gasteiger charge is 2.20. The Morgan fingerprint density at radius 3 is 3.00 bits per heavy atom. The van der Waals surface area contributed by atoms with E-state index in [0.717, 1.165) is 25.0 Å². The van der Waals surface area contributed by atoms with Crippen LogP contribution in [0.15, 0.2) is 0 Å². The van der Waals surface area contributed by atoms with Gasteiger partial charge in [0.25, 0.3) is 0 Å². The van der Waals surface area contributed by atoms with Gasteiger partial charge in [0.15, 0.2) is 0 Å². The Hall–Kier alpha value is -0.0800. The van der Waals surface area contributed by atoms with E-state index in [-0.39, 0.29) is 0 Å². The average molecular weight is 157 g/mol. The van der Waals surface area contributed by atoms with Gasteiger partial charge >= 0.3 is 0 Å². The highest BCUT2D eigenvalue weighted by atomic mass is 16.5. The Bertz CT molecular complexity index is 99.7. The van der Waals surface area contributed by atoms with Gasteiger partial charge in [-0.1, -0.05) is 6.92 Å². The minimum absolute atomic E-state index is 0.727. The van der Waals surface area contributed by atoms with Gasteiger partial charge in [0, 0.05) is 13.2 Å². The zero-order valence-corrected chi connectivity index (χ0v) is 7.60. The van der Waals surface area contributed by atoms with Crippen molar-refractivity contribution in [1.82, 2.24) is 5.32 Å². The SMILES string of the molecule is CCOCC(C)C1CCNC1. The maximum absolute atomic E-state index is 5.38. The molecule has 1 saturated heterocycles. The van der Waals surface area contributed by atoms with Gasteiger partial charge in [-0.2, -0.15) is 0 Å². The third-order valence-electron chi connectivity index (χ3n) is 2.49. The summed E-state index contributed by atoms with van der Waals surface area (Å²) in [4.78, 5) is 0. The lowest BCUT2D eigenvalue weighted by molar-refractivity contribution is 0.0967. The van der Waals surface area contributed by atoms with Gasteiger partial charge in [-0.15, -0.1) is 0 Å². The summed E-state index contributed by atoms with van der Waals surface area (Å²) in [5.74, 6) is 1.58. The summed E-state index contributed by atoms with van der Waals surface area (Å²) >= 11 is 0. The molecule has 66 valence electrons. The molecule has 1 aliphatic heterocycles. The van der Waals surface area contributed by atoms with Crippen molar-refractivity contribution in [2.24, 2.45) is 11.8 Å². The molecule has 0 radical (unpaired) electrons. The van der Waals surface area contributed by atoms with Crippen LogP contribution in [0.3, 0.4) is 0 Å². The molecule has 0 bridgehead atoms. The Morgan fingerprint density at radius 1 is 1.64 bits per heavy atom. The van der Waals surface area contributed by atoms with Gasteiger partial charge in [0.2, 0.25) is 0 Å². The van der Waals surface area contributed by atoms with E-state index in [4.69, 9.17) is 4.74 Å². The molecular weight excluding hydrogens is 138 g/mol. The predicted octanol–water partition coefficient (Wildman–Crippen LogP) is 1.27. The summed E-state index contributed by atoms with van der Waals surface area (Å²) in [6.07, 6.45) is 1.33. The van der Waals surface area contributed by atoms with Crippen LogP contribution in [0.2, 0.25) is 0 Å². The van der Waals surface area contributed by atoms with E-state index in [1.165, 1.54) is 19.5 Å². The van der Waals surface area contributed by atoms with E-state index >= 15 is 0 Å². The molecule has 2 atom stereocenters. The maximum Gasteiger partial charge on any atom is 0.0494 e. The van der Waals surface area contributed by atoms with Gasteiger partial charge in [-0.25, -0.2) is 0 Å². The molecule has 1 aliphatic rings. The molecular formula is C9H19NO. The largest absolute Gasteiger partial charge is 0.381 e. The maximum atomic E-state index is 5.38. The predicted molar refractivity (Wildman–Crippen MR) is 46.6 cm³/mol. The van der Waals surface area contributed by atoms with Crippen LogP contribution in [0.25, 0.3) is 0 Å². The lowest BCUT2D eigenvalue weighted by Gasteiger charge is -2.17. The zero-order valence-electron chi connectivity index (χ0n) is 7.60. The standard InChI is InChI=1S/C9H19NO/c1-3-11-7-8(2)9-4-5-10-6-9/h8-10H,3-7H2,1-2H3. The van der Waals surface area contributed by atoms with Gasteiger partial charge in [-0.05, 0) is 38.3 Å². The molecule has 0 aliphatic carbocycles. The van der Waals surface area contributed by atoms with Gasteiger partial charge in [0.05, 0.1) is 0 Å². The zero-order chi connectivity index (χ0) is 8.10. The molecule has 0 aromatic heterocycles. The second-order valence-electron chi connectivity index (χ2n) is 3.39. The van der Waals surface area contributed by atoms with E-state index < -0.39 is 0 Å². The van der Waals surface area contributed by atoms with Crippen LogP contribution < -0.4 is 5.32 Å². The second kappa shape index (κ2) is 4.73. The van der Waals surface area contributed by atoms with E-state index in [1.807, 2.05) is 0 Å². The van der Waals surface area contributed by atoms with E-state index in [2.05, 4.69) is 19.2 Å². The fourth-order valence-electron chi connectivity index (χ4n) is 1.60. The van der Waals surface area contributed by atoms with Crippen molar-refractivity contribution in [3.63, 3.8) is 0 Å². The minimum atomic E-state index is 0.727. The number of rotatable bonds is 4. The van der Waals surface area contributed by atoms with Crippen LogP contribution in [-0.2, 0) is 4.74 Å². The number of ether oxygens (including phenoxy) is 1. The smallest absolute Gasteiger partial charge is 0.0494 e. The van der Waals surface area contributed by atoms with E-state index in [1.54, 1.807) is 0 Å². The molecule has 1 rings (SSSR count). The summed E-state index contributed by atoms with van der Waals surface area (Å²) in [6.45, 7) is 8.51. The van der Waals surface area contributed by atoms with Crippen molar-refractivity contribution in [1.29, 1.82) is 0 Å². The van der Waals surface area contributed by atoms with Crippen molar-refractivity contribution < 1.29 is 4.74 Å². The summed E-state index contributed by atoms with van der Waals surface area (Å²) in [7, 11) is 0. The van der Waals surface area contributed by atoms with Crippen LogP contribution >= 0.6 is 0 Å². The van der Waals surface area contributed by atoms with Crippen LogP contribution in [0.1, 0.15) is 20.3 Å². The molecule has 2 heteroatoms. The number of hydrogen-bond donors (Lipinski definition) is 1. The fourth-order valence-corrected chi connectivity index (χ4v) is 1.60. The fraction of sp³-hybridized carbons (Fsp3) is 1.00. The minimum Gasteiger partial charge on any atom is -0.381 e. The second-order valence-corrected chi connectivity index (χ2v) is 3.39. The summed E-state index contributed by atoms with van der Waals surface area (Å²) < 4.78 is 5.38. The van der Waals surface area contributed by atoms with Crippen molar-refractivity contribution in [3.05, 3.63) is 0 Å². The first-order chi connectivity index (χ1) is 5.34. The van der Waals surface area contributed by atoms with Crippen molar-refractivity contribution in [2.45, 2.75) is 20.3 Å². The first-order valence-corrected chi connectivity index (χ1v) is 4.63. The van der Waals surface area contributed by atoms with Gasteiger partial charge in [-0.3, -0.25) is 0 Å². The summed E-state index contributed by atoms with van der Waals surface area (Å²) in [6, 6.07) is 0. The lowest BCUT2D eigenvalue weighted by atomic mass is 9.94. The molecule has 0 amide bonds. The van der Waals surface area contributed by atoms with Crippen molar-refractivity contribution in [3.8, 4) is 0 Å². The molecule has 0 saturated carbocycles. The Morgan fingerprint density at radius 2 is 2.45 bits per heavy atom. The van der Waals surface area contributed by atoms with Crippen LogP contribution in [0.5, 0.6) is 0 Å². The molecule has 1 N–H and O–H groups in total. The Balaban J connectivity index is 2.12. The lowest BCUT2D eigenvalue weighted by Crippen LogP contribution is -2.19. The van der Waals surface area contributed by atoms with E-state index in [9.17, 15) is 0 Å². The average Bonchev–Trinajstić information content (AvgIpc) is 2.52. The molecule has 1 fully saturated rings. The van der Waals surface area contributed by atoms with Gasteiger partial charge < -0.3 is 10.1 Å². The highest BCUT2D eigenvalue weighted by molar-refractivity contribution is 4.75. The van der Waals surface area contributed by atoms with Gasteiger partial charge in [0.1, 0.15) is 0 Å². The third-order valence-corrected chi connectivity index (χ3v) is 2.49. The molecule has 11 heavy (non-hydrogen) atoms. The van der Waals surface area contributed by atoms with E-state index in [0.29, 0.717) is 0 Å². The monoisotopic (exact) mass is 157 g/mol. The molecule has 0 aromatic carbocycles. The van der Waals surface area contributed by atoms with Crippen molar-refractivity contribution in [2.75, 3.05) is 26.3 Å². The topological polar surface area (TPSA) is 21.3 Å². The Kier molecular flexibility index (Phi) is 3.87. The molecule has 1 heterocycles. The first kappa shape index (κ1) is 9.01. The summed E-state index contributed by atoms with van der Waals surface area (Å²) in [5.41, 5.74) is 0. The number of nitrogens with one attached hydrogen (secondary N) is 1. The first-order valence-electron chi connectivity index (χ1n) is 4.63. The van der Waals surface area contributed by atoms with Crippen LogP contribution in [0.4, 0.5) is 0 Å².